The lowest BCUT2D eigenvalue weighted by Gasteiger charge is -2.24. The normalized spacial score (nSPS) is 11.7. The molecule has 0 aliphatic carbocycles. The van der Waals surface area contributed by atoms with E-state index in [1.165, 1.54) is 212 Å². The van der Waals surface area contributed by atoms with Crippen LogP contribution in [0.25, 0.3) is 24.3 Å². The fraction of sp³-hybridized carbons (Fsp3) is 0.594. The average Bonchev–Trinajstić information content (AvgIpc) is 3.40. The van der Waals surface area contributed by atoms with Crippen molar-refractivity contribution in [3.05, 3.63) is 120 Å². The maximum Gasteiger partial charge on any atom is 0.169 e. The summed E-state index contributed by atoms with van der Waals surface area (Å²) in [5, 5.41) is 0. The minimum Gasteiger partial charge on any atom is -0.372 e. The first kappa shape index (κ1) is 59.1. The predicted molar refractivity (Wildman–Crippen MR) is 316 cm³/mol. The second-order valence-electron chi connectivity index (χ2n) is 20.0. The van der Waals surface area contributed by atoms with Gasteiger partial charge in [-0.25, -0.2) is 9.13 Å². The van der Waals surface area contributed by atoms with Gasteiger partial charge in [0, 0.05) is 86.2 Å². The molecule has 0 atom stereocenters. The van der Waals surface area contributed by atoms with E-state index in [1.807, 2.05) is 0 Å². The highest BCUT2D eigenvalue weighted by molar-refractivity contribution is 8.76. The summed E-state index contributed by atoms with van der Waals surface area (Å²) in [6.45, 7) is 16.0. The molecule has 0 saturated carbocycles. The Bertz CT molecular complexity index is 1720. The fourth-order valence-electron chi connectivity index (χ4n) is 9.07. The molecule has 0 fully saturated rings. The summed E-state index contributed by atoms with van der Waals surface area (Å²) in [7, 11) is 4.25. The van der Waals surface area contributed by atoms with Crippen LogP contribution in [-0.4, -0.2) is 37.7 Å². The molecule has 0 N–H and O–H groups in total. The second-order valence-corrected chi connectivity index (χ2v) is 22.7. The standard InChI is InChI=1S/C64H100N4S2/c1-5-9-49-67(50-10-6-2)63-39-35-59(36-40-63)31-33-61-43-53-65(54-44-61)47-27-23-19-15-13-17-21-25-29-57-69-70-58-30-26-22-18-14-16-20-24-28-48-66-55-45-62(46-56-66)34-32-60-37-41-64(42-38-60)68(51-11-7-3)52-12-8-4/h31-46,53-56H,5-30,47-52,57-58H2,1-4H3/q+2. The summed E-state index contributed by atoms with van der Waals surface area (Å²) < 4.78 is 4.70. The van der Waals surface area contributed by atoms with E-state index in [1.54, 1.807) is 0 Å². The summed E-state index contributed by atoms with van der Waals surface area (Å²) in [5.74, 6) is 2.67. The maximum atomic E-state index is 2.56. The van der Waals surface area contributed by atoms with Gasteiger partial charge in [-0.1, -0.05) is 201 Å². The van der Waals surface area contributed by atoms with Crippen molar-refractivity contribution in [1.29, 1.82) is 0 Å². The molecule has 0 saturated heterocycles. The second kappa shape index (κ2) is 40.1. The van der Waals surface area contributed by atoms with Gasteiger partial charge in [0.05, 0.1) is 0 Å². The van der Waals surface area contributed by atoms with Gasteiger partial charge in [-0.3, -0.25) is 0 Å². The topological polar surface area (TPSA) is 14.2 Å². The Balaban J connectivity index is 0.873. The van der Waals surface area contributed by atoms with Crippen LogP contribution in [0.1, 0.15) is 217 Å². The molecule has 2 heterocycles. The van der Waals surface area contributed by atoms with Gasteiger partial charge in [-0.2, -0.15) is 0 Å². The van der Waals surface area contributed by atoms with Crippen LogP contribution in [0.4, 0.5) is 11.4 Å². The van der Waals surface area contributed by atoms with Gasteiger partial charge in [0.2, 0.25) is 0 Å². The van der Waals surface area contributed by atoms with Crippen molar-refractivity contribution in [3.63, 3.8) is 0 Å². The van der Waals surface area contributed by atoms with E-state index in [-0.39, 0.29) is 0 Å². The summed E-state index contributed by atoms with van der Waals surface area (Å²) in [6.07, 6.45) is 52.9. The Morgan fingerprint density at radius 2 is 0.571 bits per heavy atom. The number of hydrogen-bond acceptors (Lipinski definition) is 4. The van der Waals surface area contributed by atoms with Gasteiger partial charge in [-0.15, -0.1) is 0 Å². The Labute approximate surface area is 439 Å². The largest absolute Gasteiger partial charge is 0.372 e. The SMILES string of the molecule is CCCCN(CCCC)c1ccc(/C=C/c2cc[n+](CCCCCCCCCCCSSCCCCCCCCCCC[n+]3ccc(/C=C/c4ccc(N(CCCC)CCCC)cc4)cc3)cc2)cc1. The molecule has 0 radical (unpaired) electrons. The first-order valence-electron chi connectivity index (χ1n) is 28.9. The maximum absolute atomic E-state index is 2.56. The zero-order chi connectivity index (χ0) is 49.4. The zero-order valence-electron chi connectivity index (χ0n) is 45.2. The van der Waals surface area contributed by atoms with Gasteiger partial charge < -0.3 is 9.80 Å². The van der Waals surface area contributed by atoms with Gasteiger partial charge in [0.25, 0.3) is 0 Å². The van der Waals surface area contributed by atoms with E-state index in [0.717, 1.165) is 39.3 Å². The van der Waals surface area contributed by atoms with E-state index in [0.29, 0.717) is 0 Å². The van der Waals surface area contributed by atoms with Gasteiger partial charge >= 0.3 is 0 Å². The van der Waals surface area contributed by atoms with Crippen LogP contribution in [0.2, 0.25) is 0 Å². The van der Waals surface area contributed by atoms with Gasteiger partial charge in [0.1, 0.15) is 13.1 Å². The van der Waals surface area contributed by atoms with Crippen molar-refractivity contribution in [3.8, 4) is 0 Å². The smallest absolute Gasteiger partial charge is 0.169 e. The molecule has 4 nitrogen and oxygen atoms in total. The number of anilines is 2. The van der Waals surface area contributed by atoms with Crippen molar-refractivity contribution in [2.45, 2.75) is 208 Å². The number of aromatic nitrogens is 2. The number of rotatable bonds is 43. The molecule has 0 aliphatic heterocycles. The fourth-order valence-corrected chi connectivity index (χ4v) is 11.4. The molecule has 2 aromatic heterocycles. The van der Waals surface area contributed by atoms with Crippen molar-refractivity contribution in [2.24, 2.45) is 0 Å². The van der Waals surface area contributed by atoms with Crippen LogP contribution in [0, 0.1) is 0 Å². The minimum atomic E-state index is 1.12. The third-order valence-electron chi connectivity index (χ3n) is 13.8. The molecular weight excluding hydrogens is 889 g/mol. The van der Waals surface area contributed by atoms with E-state index < -0.39 is 0 Å². The predicted octanol–water partition coefficient (Wildman–Crippen LogP) is 18.5. The molecule has 0 amide bonds. The molecule has 0 bridgehead atoms. The highest BCUT2D eigenvalue weighted by Crippen LogP contribution is 2.25. The van der Waals surface area contributed by atoms with E-state index >= 15 is 0 Å². The van der Waals surface area contributed by atoms with Crippen molar-refractivity contribution in [1.82, 2.24) is 0 Å². The zero-order valence-corrected chi connectivity index (χ0v) is 46.8. The summed E-state index contributed by atoms with van der Waals surface area (Å²) in [6, 6.07) is 27.3. The first-order chi connectivity index (χ1) is 34.6. The Hall–Kier alpha value is -3.48. The Kier molecular flexibility index (Phi) is 33.8. The number of aryl methyl sites for hydroxylation is 2. The number of nitrogens with zero attached hydrogens (tertiary/aromatic N) is 4. The van der Waals surface area contributed by atoms with E-state index in [4.69, 9.17) is 0 Å². The number of pyridine rings is 2. The van der Waals surface area contributed by atoms with Crippen molar-refractivity contribution in [2.75, 3.05) is 47.5 Å². The summed E-state index contributed by atoms with van der Waals surface area (Å²) in [5.41, 5.74) is 7.78. The van der Waals surface area contributed by atoms with Gasteiger partial charge in [0.15, 0.2) is 24.8 Å². The third kappa shape index (κ3) is 27.4. The summed E-state index contributed by atoms with van der Waals surface area (Å²) in [4.78, 5) is 5.11. The molecule has 4 aromatic rings. The molecule has 6 heteroatoms. The number of hydrogen-bond donors (Lipinski definition) is 0. The molecule has 386 valence electrons. The van der Waals surface area contributed by atoms with Crippen molar-refractivity contribution < 1.29 is 9.13 Å². The minimum absolute atomic E-state index is 1.12. The van der Waals surface area contributed by atoms with Crippen LogP contribution in [0.5, 0.6) is 0 Å². The lowest BCUT2D eigenvalue weighted by Crippen LogP contribution is -2.32. The molecule has 70 heavy (non-hydrogen) atoms. The van der Waals surface area contributed by atoms with Gasteiger partial charge in [-0.05, 0) is 97.9 Å². The first-order valence-corrected chi connectivity index (χ1v) is 31.4. The third-order valence-corrected chi connectivity index (χ3v) is 16.4. The van der Waals surface area contributed by atoms with Crippen LogP contribution in [0.3, 0.4) is 0 Å². The number of benzene rings is 2. The van der Waals surface area contributed by atoms with Crippen LogP contribution in [0.15, 0.2) is 97.6 Å². The average molecular weight is 990 g/mol. The lowest BCUT2D eigenvalue weighted by molar-refractivity contribution is -0.697. The van der Waals surface area contributed by atoms with Crippen LogP contribution >= 0.6 is 21.6 Å². The highest BCUT2D eigenvalue weighted by Gasteiger charge is 2.08. The molecule has 4 rings (SSSR count). The summed E-state index contributed by atoms with van der Waals surface area (Å²) >= 11 is 0. The Morgan fingerprint density at radius 3 is 0.857 bits per heavy atom. The monoisotopic (exact) mass is 989 g/mol. The molecule has 0 aliphatic rings. The lowest BCUT2D eigenvalue weighted by atomic mass is 10.1. The van der Waals surface area contributed by atoms with Crippen LogP contribution < -0.4 is 18.9 Å². The number of unbranched alkanes of at least 4 members (excludes halogenated alkanes) is 20. The van der Waals surface area contributed by atoms with E-state index in [9.17, 15) is 0 Å². The quantitative estimate of drug-likeness (QED) is 0.0249. The van der Waals surface area contributed by atoms with Crippen molar-refractivity contribution >= 4 is 57.3 Å². The van der Waals surface area contributed by atoms with E-state index in [2.05, 4.69) is 190 Å². The van der Waals surface area contributed by atoms with Crippen LogP contribution in [-0.2, 0) is 13.1 Å². The molecule has 2 aromatic carbocycles. The Morgan fingerprint density at radius 1 is 0.314 bits per heavy atom. The molecule has 0 spiro atoms. The molecular formula is C64H100N4S2+2. The molecule has 0 unspecified atom stereocenters. The highest BCUT2D eigenvalue weighted by atomic mass is 33.1.